The highest BCUT2D eigenvalue weighted by atomic mass is 19.1. The van der Waals surface area contributed by atoms with Crippen LogP contribution in [0.2, 0.25) is 0 Å². The molecule has 2 rings (SSSR count). The Kier molecular flexibility index (Phi) is 5.31. The lowest BCUT2D eigenvalue weighted by Crippen LogP contribution is -2.40. The summed E-state index contributed by atoms with van der Waals surface area (Å²) in [5.41, 5.74) is 4.96. The molecule has 132 valence electrons. The molecule has 1 aliphatic carbocycles. The van der Waals surface area contributed by atoms with Crippen molar-refractivity contribution in [3.63, 3.8) is 0 Å². The van der Waals surface area contributed by atoms with Gasteiger partial charge in [0.15, 0.2) is 11.6 Å². The Morgan fingerprint density at radius 2 is 1.83 bits per heavy atom. The van der Waals surface area contributed by atoms with E-state index >= 15 is 0 Å². The van der Waals surface area contributed by atoms with Gasteiger partial charge in [0.2, 0.25) is 5.91 Å². The molecule has 0 aliphatic heterocycles. The lowest BCUT2D eigenvalue weighted by atomic mass is 9.74. The van der Waals surface area contributed by atoms with Crippen LogP contribution in [0.4, 0.5) is 4.39 Å². The Labute approximate surface area is 140 Å². The first-order valence-electron chi connectivity index (χ1n) is 7.73. The van der Waals surface area contributed by atoms with Gasteiger partial charge in [0.1, 0.15) is 11.3 Å². The van der Waals surface area contributed by atoms with Gasteiger partial charge < -0.3 is 19.9 Å². The molecule has 1 aromatic rings. The van der Waals surface area contributed by atoms with E-state index in [4.69, 9.17) is 15.2 Å². The average molecular weight is 339 g/mol. The number of rotatable bonds is 5. The number of nitrogens with two attached hydrogens (primary N) is 1. The van der Waals surface area contributed by atoms with Crippen molar-refractivity contribution in [3.05, 3.63) is 23.5 Å². The van der Waals surface area contributed by atoms with E-state index in [1.165, 1.54) is 20.3 Å². The number of primary amides is 1. The van der Waals surface area contributed by atoms with Crippen molar-refractivity contribution in [3.8, 4) is 11.5 Å². The van der Waals surface area contributed by atoms with Crippen LogP contribution in [0.15, 0.2) is 12.1 Å². The van der Waals surface area contributed by atoms with Gasteiger partial charge in [0, 0.05) is 17.5 Å². The Hall–Kier alpha value is -2.31. The summed E-state index contributed by atoms with van der Waals surface area (Å²) in [6.07, 6.45) is 2.08. The number of benzene rings is 1. The number of amides is 1. The van der Waals surface area contributed by atoms with E-state index in [1.54, 1.807) is 0 Å². The summed E-state index contributed by atoms with van der Waals surface area (Å²) >= 11 is 0. The molecule has 1 saturated carbocycles. The molecule has 0 heterocycles. The number of hydrogen-bond donors (Lipinski definition) is 1. The molecule has 0 spiro atoms. The van der Waals surface area contributed by atoms with Crippen molar-refractivity contribution >= 4 is 11.9 Å². The highest BCUT2D eigenvalue weighted by molar-refractivity contribution is 5.93. The quantitative estimate of drug-likeness (QED) is 0.833. The third-order valence-electron chi connectivity index (χ3n) is 4.58. The second-order valence-electron chi connectivity index (χ2n) is 6.22. The second-order valence-corrected chi connectivity index (χ2v) is 6.22. The standard InChI is InChI=1S/C17H22FNO5/c1-17(16(19)21)6-4-10(5-7-17)24-14-8-11(15(20)23-3)13(22-2)9-12(14)18/h8-10H,4-7H2,1-3H3,(H2,19,21)/t10-,17+. The lowest BCUT2D eigenvalue weighted by molar-refractivity contribution is -0.129. The molecule has 1 fully saturated rings. The van der Waals surface area contributed by atoms with Crippen LogP contribution in [0.1, 0.15) is 43.0 Å². The molecule has 0 bridgehead atoms. The summed E-state index contributed by atoms with van der Waals surface area (Å²) in [5, 5.41) is 0. The summed E-state index contributed by atoms with van der Waals surface area (Å²) < 4.78 is 29.6. The zero-order valence-electron chi connectivity index (χ0n) is 14.1. The number of ether oxygens (including phenoxy) is 3. The smallest absolute Gasteiger partial charge is 0.341 e. The van der Waals surface area contributed by atoms with Crippen LogP contribution in [-0.2, 0) is 9.53 Å². The summed E-state index contributed by atoms with van der Waals surface area (Å²) in [5.74, 6) is -1.55. The largest absolute Gasteiger partial charge is 0.496 e. The minimum Gasteiger partial charge on any atom is -0.496 e. The van der Waals surface area contributed by atoms with Crippen LogP contribution in [-0.4, -0.2) is 32.2 Å². The fourth-order valence-corrected chi connectivity index (χ4v) is 2.84. The van der Waals surface area contributed by atoms with Crippen molar-refractivity contribution in [1.29, 1.82) is 0 Å². The molecule has 6 nitrogen and oxygen atoms in total. The molecule has 24 heavy (non-hydrogen) atoms. The number of halogens is 1. The van der Waals surface area contributed by atoms with E-state index in [0.717, 1.165) is 6.07 Å². The molecule has 0 atom stereocenters. The monoisotopic (exact) mass is 339 g/mol. The van der Waals surface area contributed by atoms with Gasteiger partial charge in [0.25, 0.3) is 0 Å². The molecule has 0 aromatic heterocycles. The maximum Gasteiger partial charge on any atom is 0.341 e. The van der Waals surface area contributed by atoms with Gasteiger partial charge in [0.05, 0.1) is 20.3 Å². The van der Waals surface area contributed by atoms with E-state index in [1.807, 2.05) is 6.92 Å². The SMILES string of the molecule is COC(=O)c1cc(O[C@H]2CC[C@@](C)(C(N)=O)CC2)c(F)cc1OC. The topological polar surface area (TPSA) is 87.9 Å². The number of carbonyl (C=O) groups excluding carboxylic acids is 2. The predicted molar refractivity (Wildman–Crippen MR) is 84.5 cm³/mol. The number of esters is 1. The zero-order valence-corrected chi connectivity index (χ0v) is 14.1. The Morgan fingerprint density at radius 1 is 1.21 bits per heavy atom. The van der Waals surface area contributed by atoms with Crippen LogP contribution in [0.25, 0.3) is 0 Å². The van der Waals surface area contributed by atoms with Gasteiger partial charge in [-0.25, -0.2) is 9.18 Å². The zero-order chi connectivity index (χ0) is 17.9. The first-order valence-corrected chi connectivity index (χ1v) is 7.73. The molecular weight excluding hydrogens is 317 g/mol. The fourth-order valence-electron chi connectivity index (χ4n) is 2.84. The van der Waals surface area contributed by atoms with E-state index in [9.17, 15) is 14.0 Å². The Morgan fingerprint density at radius 3 is 2.33 bits per heavy atom. The van der Waals surface area contributed by atoms with Crippen molar-refractivity contribution in [2.24, 2.45) is 11.1 Å². The van der Waals surface area contributed by atoms with Gasteiger partial charge >= 0.3 is 5.97 Å². The summed E-state index contributed by atoms with van der Waals surface area (Å²) in [6.45, 7) is 1.83. The van der Waals surface area contributed by atoms with Gasteiger partial charge in [-0.1, -0.05) is 6.92 Å². The molecule has 0 unspecified atom stereocenters. The molecule has 0 radical (unpaired) electrons. The van der Waals surface area contributed by atoms with Gasteiger partial charge in [-0.3, -0.25) is 4.79 Å². The molecule has 1 amide bonds. The van der Waals surface area contributed by atoms with Crippen LogP contribution in [0.3, 0.4) is 0 Å². The van der Waals surface area contributed by atoms with Crippen LogP contribution in [0.5, 0.6) is 11.5 Å². The van der Waals surface area contributed by atoms with Crippen LogP contribution in [0, 0.1) is 11.2 Å². The first-order chi connectivity index (χ1) is 11.3. The Bertz CT molecular complexity index is 638. The van der Waals surface area contributed by atoms with Gasteiger partial charge in [-0.2, -0.15) is 0 Å². The highest BCUT2D eigenvalue weighted by Gasteiger charge is 2.37. The lowest BCUT2D eigenvalue weighted by Gasteiger charge is -2.34. The maximum absolute atomic E-state index is 14.2. The maximum atomic E-state index is 14.2. The van der Waals surface area contributed by atoms with Crippen molar-refractivity contribution in [2.45, 2.75) is 38.7 Å². The summed E-state index contributed by atoms with van der Waals surface area (Å²) in [6, 6.07) is 2.37. The van der Waals surface area contributed by atoms with E-state index < -0.39 is 17.2 Å². The number of carbonyl (C=O) groups is 2. The third kappa shape index (κ3) is 3.60. The fraction of sp³-hybridized carbons (Fsp3) is 0.529. The van der Waals surface area contributed by atoms with Gasteiger partial charge in [-0.15, -0.1) is 0 Å². The summed E-state index contributed by atoms with van der Waals surface area (Å²) in [4.78, 5) is 23.3. The molecule has 0 saturated heterocycles. The number of methoxy groups -OCH3 is 2. The van der Waals surface area contributed by atoms with E-state index in [2.05, 4.69) is 4.74 Å². The van der Waals surface area contributed by atoms with Crippen LogP contribution < -0.4 is 15.2 Å². The first kappa shape index (κ1) is 18.0. The number of hydrogen-bond acceptors (Lipinski definition) is 5. The van der Waals surface area contributed by atoms with Gasteiger partial charge in [-0.05, 0) is 25.7 Å². The molecule has 7 heteroatoms. The van der Waals surface area contributed by atoms with E-state index in [0.29, 0.717) is 25.7 Å². The molecule has 1 aromatic carbocycles. The second kappa shape index (κ2) is 7.07. The van der Waals surface area contributed by atoms with Crippen LogP contribution >= 0.6 is 0 Å². The minimum atomic E-state index is -0.637. The normalized spacial score (nSPS) is 23.4. The van der Waals surface area contributed by atoms with Crippen molar-refractivity contribution < 1.29 is 28.2 Å². The average Bonchev–Trinajstić information content (AvgIpc) is 2.57. The molecule has 2 N–H and O–H groups in total. The van der Waals surface area contributed by atoms with Crippen molar-refractivity contribution in [1.82, 2.24) is 0 Å². The Balaban J connectivity index is 2.16. The highest BCUT2D eigenvalue weighted by Crippen LogP contribution is 2.38. The molecule has 1 aliphatic rings. The van der Waals surface area contributed by atoms with Crippen molar-refractivity contribution in [2.75, 3.05) is 14.2 Å². The minimum absolute atomic E-state index is 0.0381. The third-order valence-corrected chi connectivity index (χ3v) is 4.58. The van der Waals surface area contributed by atoms with E-state index in [-0.39, 0.29) is 29.1 Å². The molecular formula is C17H22FNO5. The predicted octanol–water partition coefficient (Wildman–Crippen LogP) is 2.43. The summed E-state index contributed by atoms with van der Waals surface area (Å²) in [7, 11) is 2.57.